The van der Waals surface area contributed by atoms with Crippen molar-refractivity contribution in [3.63, 3.8) is 0 Å². The number of rotatable bonds is 9. The Bertz CT molecular complexity index is 1460. The molecule has 2 heterocycles. The lowest BCUT2D eigenvalue weighted by molar-refractivity contribution is 0.0979. The molecule has 0 saturated carbocycles. The molecular weight excluding hydrogens is 516 g/mol. The van der Waals surface area contributed by atoms with Crippen molar-refractivity contribution in [3.05, 3.63) is 115 Å². The second kappa shape index (κ2) is 10.8. The standard InChI is InChI=1S/C30H29BrN2O3/c1-33(2)15-7-6-10-24(21-11-14-27-28(18-21)36-19-35-27)29(20-8-4-3-5-9-20)25-17-22-16-23(31)12-13-26(22)32-30(25)34/h3-5,8-9,12-13,16-18,24,29H,6-7,10,15,19H2,1-2H3,(H,32,34). The van der Waals surface area contributed by atoms with Gasteiger partial charge in [0.25, 0.3) is 5.56 Å². The van der Waals surface area contributed by atoms with Gasteiger partial charge in [0.2, 0.25) is 12.6 Å². The van der Waals surface area contributed by atoms with Gasteiger partial charge >= 0.3 is 0 Å². The third kappa shape index (κ3) is 5.28. The summed E-state index contributed by atoms with van der Waals surface area (Å²) in [4.78, 5) is 18.9. The van der Waals surface area contributed by atoms with Gasteiger partial charge in [0.15, 0.2) is 5.76 Å². The molecule has 1 aliphatic carbocycles. The average Bonchev–Trinajstić information content (AvgIpc) is 3.34. The van der Waals surface area contributed by atoms with E-state index in [-0.39, 0.29) is 24.2 Å². The van der Waals surface area contributed by atoms with E-state index in [1.807, 2.05) is 48.5 Å². The van der Waals surface area contributed by atoms with Crippen LogP contribution in [0.2, 0.25) is 0 Å². The van der Waals surface area contributed by atoms with Gasteiger partial charge in [-0.2, -0.15) is 0 Å². The Balaban J connectivity index is 1.65. The Morgan fingerprint density at radius 3 is 2.69 bits per heavy atom. The quantitative estimate of drug-likeness (QED) is 0.256. The zero-order valence-electron chi connectivity index (χ0n) is 20.5. The average molecular weight is 545 g/mol. The van der Waals surface area contributed by atoms with Crippen molar-refractivity contribution in [2.75, 3.05) is 27.4 Å². The Morgan fingerprint density at radius 2 is 1.89 bits per heavy atom. The number of H-pyrrole nitrogens is 1. The molecule has 2 aromatic carbocycles. The van der Waals surface area contributed by atoms with Gasteiger partial charge in [-0.25, -0.2) is 0 Å². The van der Waals surface area contributed by atoms with Crippen LogP contribution in [0, 0.1) is 5.92 Å². The molecule has 1 aliphatic heterocycles. The fourth-order valence-corrected chi connectivity index (χ4v) is 5.39. The molecule has 0 radical (unpaired) electrons. The molecule has 1 N–H and O–H groups in total. The fourth-order valence-electron chi connectivity index (χ4n) is 5.01. The maximum absolute atomic E-state index is 13.5. The van der Waals surface area contributed by atoms with E-state index in [9.17, 15) is 4.79 Å². The molecule has 36 heavy (non-hydrogen) atoms. The summed E-state index contributed by atoms with van der Waals surface area (Å²) < 4.78 is 12.1. The first kappa shape index (κ1) is 24.4. The minimum absolute atomic E-state index is 0.00557. The number of nitrogens with one attached hydrogen (secondary N) is 1. The van der Waals surface area contributed by atoms with Gasteiger partial charge < -0.3 is 19.4 Å². The van der Waals surface area contributed by atoms with E-state index in [4.69, 9.17) is 9.47 Å². The molecular formula is C30H29BrN2O3. The van der Waals surface area contributed by atoms with Crippen molar-refractivity contribution < 1.29 is 9.47 Å². The number of unbranched alkanes of at least 4 members (excludes halogenated alkanes) is 1. The molecule has 2 unspecified atom stereocenters. The van der Waals surface area contributed by atoms with Crippen LogP contribution < -0.4 is 5.56 Å². The number of aromatic nitrogens is 1. The number of aromatic amines is 1. The number of hydrogen-bond acceptors (Lipinski definition) is 4. The van der Waals surface area contributed by atoms with Gasteiger partial charge in [0.05, 0.1) is 0 Å². The van der Waals surface area contributed by atoms with Gasteiger partial charge in [-0.15, -0.1) is 0 Å². The maximum Gasteiger partial charge on any atom is 0.252 e. The van der Waals surface area contributed by atoms with Gasteiger partial charge in [-0.3, -0.25) is 4.79 Å². The van der Waals surface area contributed by atoms with Gasteiger partial charge in [-0.05, 0) is 80.5 Å². The van der Waals surface area contributed by atoms with Crippen molar-refractivity contribution in [2.24, 2.45) is 5.92 Å². The van der Waals surface area contributed by atoms with Gasteiger partial charge in [0, 0.05) is 33.0 Å². The molecule has 184 valence electrons. The highest BCUT2D eigenvalue weighted by molar-refractivity contribution is 9.10. The molecule has 3 aromatic rings. The molecule has 0 spiro atoms. The number of allylic oxidation sites excluding steroid dienone is 2. The lowest BCUT2D eigenvalue weighted by Gasteiger charge is -2.29. The normalized spacial score (nSPS) is 16.1. The van der Waals surface area contributed by atoms with E-state index in [0.29, 0.717) is 11.5 Å². The number of ether oxygens (including phenoxy) is 2. The second-order valence-corrected chi connectivity index (χ2v) is 10.4. The van der Waals surface area contributed by atoms with E-state index in [1.165, 1.54) is 0 Å². The summed E-state index contributed by atoms with van der Waals surface area (Å²) in [6, 6.07) is 18.3. The molecule has 6 heteroatoms. The highest BCUT2D eigenvalue weighted by Gasteiger charge is 2.32. The van der Waals surface area contributed by atoms with Crippen LogP contribution in [0.15, 0.2) is 98.5 Å². The van der Waals surface area contributed by atoms with Gasteiger partial charge in [0.1, 0.15) is 0 Å². The van der Waals surface area contributed by atoms with E-state index in [1.54, 1.807) is 0 Å². The number of halogens is 1. The van der Waals surface area contributed by atoms with Crippen LogP contribution in [-0.4, -0.2) is 37.3 Å². The Kier molecular flexibility index (Phi) is 7.31. The van der Waals surface area contributed by atoms with Crippen LogP contribution in [-0.2, 0) is 9.47 Å². The van der Waals surface area contributed by atoms with Crippen molar-refractivity contribution in [3.8, 4) is 0 Å². The Hall–Kier alpha value is -3.27. The third-order valence-corrected chi connectivity index (χ3v) is 7.24. The number of pyridine rings is 1. The molecule has 0 amide bonds. The van der Waals surface area contributed by atoms with Crippen LogP contribution in [0.3, 0.4) is 0 Å². The van der Waals surface area contributed by atoms with E-state index in [2.05, 4.69) is 63.5 Å². The van der Waals surface area contributed by atoms with Crippen LogP contribution >= 0.6 is 15.9 Å². The van der Waals surface area contributed by atoms with Crippen LogP contribution in [0.1, 0.15) is 36.3 Å². The van der Waals surface area contributed by atoms with Crippen molar-refractivity contribution in [2.45, 2.75) is 25.2 Å². The number of hydrogen-bond donors (Lipinski definition) is 1. The monoisotopic (exact) mass is 544 g/mol. The summed E-state index contributed by atoms with van der Waals surface area (Å²) in [6.07, 6.45) is 5.00. The molecule has 0 bridgehead atoms. The molecule has 1 saturated heterocycles. The summed E-state index contributed by atoms with van der Waals surface area (Å²) in [5, 5.41) is 0.993. The van der Waals surface area contributed by atoms with Crippen molar-refractivity contribution >= 4 is 26.8 Å². The SMILES string of the molecule is CN(C)CCCCC(C1=C=C=C2OCOC2=C1)C(c1ccccc1)c1cc2cc(Br)ccc2[nH]c1=O. The zero-order chi connectivity index (χ0) is 25.1. The third-order valence-electron chi connectivity index (χ3n) is 6.75. The second-order valence-electron chi connectivity index (χ2n) is 9.53. The van der Waals surface area contributed by atoms with Crippen LogP contribution in [0.25, 0.3) is 10.9 Å². The maximum atomic E-state index is 13.5. The molecule has 5 nitrogen and oxygen atoms in total. The summed E-state index contributed by atoms with van der Waals surface area (Å²) in [5.41, 5.74) is 10.1. The predicted octanol–water partition coefficient (Wildman–Crippen LogP) is 6.24. The lowest BCUT2D eigenvalue weighted by atomic mass is 9.74. The molecule has 2 atom stereocenters. The van der Waals surface area contributed by atoms with Crippen LogP contribution in [0.4, 0.5) is 0 Å². The van der Waals surface area contributed by atoms with Gasteiger partial charge in [-0.1, -0.05) is 58.4 Å². The smallest absolute Gasteiger partial charge is 0.252 e. The van der Waals surface area contributed by atoms with Crippen molar-refractivity contribution in [1.82, 2.24) is 9.88 Å². The first-order valence-electron chi connectivity index (χ1n) is 12.3. The van der Waals surface area contributed by atoms with Crippen molar-refractivity contribution in [1.29, 1.82) is 0 Å². The zero-order valence-corrected chi connectivity index (χ0v) is 22.1. The summed E-state index contributed by atoms with van der Waals surface area (Å²) in [6.45, 7) is 1.21. The number of benzene rings is 2. The lowest BCUT2D eigenvalue weighted by Crippen LogP contribution is -2.24. The molecule has 1 aromatic heterocycles. The predicted molar refractivity (Wildman–Crippen MR) is 146 cm³/mol. The van der Waals surface area contributed by atoms with E-state index >= 15 is 0 Å². The van der Waals surface area contributed by atoms with E-state index in [0.717, 1.165) is 57.9 Å². The summed E-state index contributed by atoms with van der Waals surface area (Å²) >= 11 is 3.57. The minimum atomic E-state index is -0.164. The fraction of sp³-hybridized carbons (Fsp3) is 0.300. The summed E-state index contributed by atoms with van der Waals surface area (Å²) in [5.74, 6) is 1.12. The number of fused-ring (bicyclic) bond motifs is 2. The van der Waals surface area contributed by atoms with Crippen LogP contribution in [0.5, 0.6) is 0 Å². The largest absolute Gasteiger partial charge is 0.453 e. The highest BCUT2D eigenvalue weighted by atomic mass is 79.9. The molecule has 2 aliphatic rings. The minimum Gasteiger partial charge on any atom is -0.453 e. The molecule has 5 rings (SSSR count). The first-order valence-corrected chi connectivity index (χ1v) is 13.0. The number of nitrogens with zero attached hydrogens (tertiary/aromatic N) is 1. The highest BCUT2D eigenvalue weighted by Crippen LogP contribution is 2.40. The first-order chi connectivity index (χ1) is 17.5. The Labute approximate surface area is 219 Å². The Morgan fingerprint density at radius 1 is 1.06 bits per heavy atom. The molecule has 1 fully saturated rings. The summed E-state index contributed by atoms with van der Waals surface area (Å²) in [7, 11) is 4.19. The topological polar surface area (TPSA) is 54.6 Å². The van der Waals surface area contributed by atoms with E-state index < -0.39 is 0 Å².